The topological polar surface area (TPSA) is 52.7 Å². The number of aromatic nitrogens is 4. The summed E-state index contributed by atoms with van der Waals surface area (Å²) in [7, 11) is 0. The molecule has 0 saturated carbocycles. The highest BCUT2D eigenvalue weighted by Crippen LogP contribution is 2.07. The van der Waals surface area contributed by atoms with Crippen molar-refractivity contribution in [3.05, 3.63) is 76.5 Å². The summed E-state index contributed by atoms with van der Waals surface area (Å²) in [6, 6.07) is 15.2. The second kappa shape index (κ2) is 5.08. The lowest BCUT2D eigenvalue weighted by Gasteiger charge is -2.01. The first kappa shape index (κ1) is 12.3. The maximum Gasteiger partial charge on any atom is 0.368 e. The molecule has 0 aliphatic heterocycles. The Morgan fingerprint density at radius 2 is 1.65 bits per heavy atom. The third kappa shape index (κ3) is 2.23. The molecule has 0 aliphatic rings. The van der Waals surface area contributed by atoms with Gasteiger partial charge in [0.1, 0.15) is 5.82 Å². The van der Waals surface area contributed by atoms with Gasteiger partial charge in [0.2, 0.25) is 0 Å². The average molecular weight is 270 g/mol. The highest BCUT2D eigenvalue weighted by molar-refractivity contribution is 5.29. The summed E-state index contributed by atoms with van der Waals surface area (Å²) >= 11 is 0. The zero-order valence-electron chi connectivity index (χ0n) is 10.5. The Hall–Kier alpha value is -2.76. The summed E-state index contributed by atoms with van der Waals surface area (Å²) < 4.78 is 15.9. The molecule has 20 heavy (non-hydrogen) atoms. The van der Waals surface area contributed by atoms with Crippen LogP contribution in [-0.4, -0.2) is 19.8 Å². The van der Waals surface area contributed by atoms with Crippen LogP contribution in [0.4, 0.5) is 4.39 Å². The molecule has 0 aliphatic carbocycles. The van der Waals surface area contributed by atoms with Gasteiger partial charge in [-0.05, 0) is 28.6 Å². The first-order chi connectivity index (χ1) is 9.75. The molecule has 5 nitrogen and oxygen atoms in total. The van der Waals surface area contributed by atoms with Crippen LogP contribution in [0.5, 0.6) is 0 Å². The molecule has 1 aromatic heterocycles. The van der Waals surface area contributed by atoms with Crippen molar-refractivity contribution in [1.82, 2.24) is 19.8 Å². The van der Waals surface area contributed by atoms with Crippen LogP contribution in [0.15, 0.2) is 59.4 Å². The molecule has 2 aromatic carbocycles. The van der Waals surface area contributed by atoms with E-state index in [9.17, 15) is 9.18 Å². The van der Waals surface area contributed by atoms with E-state index in [1.165, 1.54) is 10.7 Å². The van der Waals surface area contributed by atoms with Gasteiger partial charge < -0.3 is 0 Å². The Kier molecular flexibility index (Phi) is 3.12. The fourth-order valence-electron chi connectivity index (χ4n) is 1.89. The van der Waals surface area contributed by atoms with Crippen molar-refractivity contribution in [3.63, 3.8) is 0 Å². The molecule has 0 amide bonds. The van der Waals surface area contributed by atoms with Crippen LogP contribution in [-0.2, 0) is 6.54 Å². The van der Waals surface area contributed by atoms with Gasteiger partial charge in [-0.2, -0.15) is 9.36 Å². The Labute approximate surface area is 113 Å². The predicted molar refractivity (Wildman–Crippen MR) is 71.1 cm³/mol. The van der Waals surface area contributed by atoms with Gasteiger partial charge in [0.15, 0.2) is 0 Å². The SMILES string of the molecule is O=c1n(Cc2ccccc2F)nnn1-c1ccccc1. The van der Waals surface area contributed by atoms with Crippen LogP contribution < -0.4 is 5.69 Å². The van der Waals surface area contributed by atoms with Crippen LogP contribution in [0, 0.1) is 5.82 Å². The van der Waals surface area contributed by atoms with E-state index >= 15 is 0 Å². The smallest absolute Gasteiger partial charge is 0.244 e. The quantitative estimate of drug-likeness (QED) is 0.726. The highest BCUT2D eigenvalue weighted by Gasteiger charge is 2.10. The van der Waals surface area contributed by atoms with Gasteiger partial charge in [-0.15, -0.1) is 0 Å². The molecule has 100 valence electrons. The standard InChI is InChI=1S/C14H11FN4O/c15-13-9-5-4-6-11(13)10-18-14(20)19(17-16-18)12-7-2-1-3-8-12/h1-9H,10H2. The molecule has 1 heterocycles. The molecule has 0 atom stereocenters. The fourth-order valence-corrected chi connectivity index (χ4v) is 1.89. The van der Waals surface area contributed by atoms with Gasteiger partial charge >= 0.3 is 5.69 Å². The maximum atomic E-state index is 13.6. The summed E-state index contributed by atoms with van der Waals surface area (Å²) in [6.45, 7) is 0.0539. The number of halogens is 1. The van der Waals surface area contributed by atoms with Crippen molar-refractivity contribution in [2.75, 3.05) is 0 Å². The lowest BCUT2D eigenvalue weighted by molar-refractivity contribution is 0.570. The van der Waals surface area contributed by atoms with E-state index in [4.69, 9.17) is 0 Å². The first-order valence-electron chi connectivity index (χ1n) is 6.07. The van der Waals surface area contributed by atoms with Crippen LogP contribution in [0.1, 0.15) is 5.56 Å². The van der Waals surface area contributed by atoms with Crippen molar-refractivity contribution < 1.29 is 4.39 Å². The van der Waals surface area contributed by atoms with E-state index in [0.717, 1.165) is 4.68 Å². The zero-order chi connectivity index (χ0) is 13.9. The minimum absolute atomic E-state index is 0.0539. The van der Waals surface area contributed by atoms with Gasteiger partial charge in [0.25, 0.3) is 0 Å². The lowest BCUT2D eigenvalue weighted by Crippen LogP contribution is -2.25. The molecular weight excluding hydrogens is 259 g/mol. The number of benzene rings is 2. The third-order valence-corrected chi connectivity index (χ3v) is 2.92. The van der Waals surface area contributed by atoms with E-state index in [2.05, 4.69) is 10.4 Å². The van der Waals surface area contributed by atoms with E-state index in [1.807, 2.05) is 6.07 Å². The van der Waals surface area contributed by atoms with Gasteiger partial charge in [-0.3, -0.25) is 0 Å². The van der Waals surface area contributed by atoms with Crippen molar-refractivity contribution >= 4 is 0 Å². The van der Waals surface area contributed by atoms with Crippen LogP contribution in [0.2, 0.25) is 0 Å². The van der Waals surface area contributed by atoms with Gasteiger partial charge in [0.05, 0.1) is 12.2 Å². The second-order valence-electron chi connectivity index (χ2n) is 4.26. The van der Waals surface area contributed by atoms with Crippen molar-refractivity contribution in [2.45, 2.75) is 6.54 Å². The van der Waals surface area contributed by atoms with E-state index in [-0.39, 0.29) is 12.4 Å². The number of hydrogen-bond donors (Lipinski definition) is 0. The van der Waals surface area contributed by atoms with E-state index in [1.54, 1.807) is 42.5 Å². The number of para-hydroxylation sites is 1. The molecular formula is C14H11FN4O. The van der Waals surface area contributed by atoms with Crippen molar-refractivity contribution in [3.8, 4) is 5.69 Å². The normalized spacial score (nSPS) is 10.7. The summed E-state index contributed by atoms with van der Waals surface area (Å²) in [4.78, 5) is 12.2. The molecule has 3 aromatic rings. The molecule has 6 heteroatoms. The maximum absolute atomic E-state index is 13.6. The molecule has 0 saturated heterocycles. The highest BCUT2D eigenvalue weighted by atomic mass is 19.1. The largest absolute Gasteiger partial charge is 0.368 e. The number of rotatable bonds is 3. The Morgan fingerprint density at radius 1 is 0.950 bits per heavy atom. The van der Waals surface area contributed by atoms with Gasteiger partial charge in [0, 0.05) is 5.56 Å². The zero-order valence-corrected chi connectivity index (χ0v) is 10.5. The second-order valence-corrected chi connectivity index (χ2v) is 4.26. The molecule has 0 unspecified atom stereocenters. The van der Waals surface area contributed by atoms with E-state index < -0.39 is 5.69 Å². The first-order valence-corrected chi connectivity index (χ1v) is 6.07. The molecule has 0 bridgehead atoms. The number of hydrogen-bond acceptors (Lipinski definition) is 3. The minimum atomic E-state index is -0.403. The summed E-state index contributed by atoms with van der Waals surface area (Å²) in [6.07, 6.45) is 0. The number of nitrogens with zero attached hydrogens (tertiary/aromatic N) is 4. The van der Waals surface area contributed by atoms with E-state index in [0.29, 0.717) is 11.3 Å². The Balaban J connectivity index is 1.96. The average Bonchev–Trinajstić information content (AvgIpc) is 2.84. The van der Waals surface area contributed by atoms with Crippen molar-refractivity contribution in [2.24, 2.45) is 0 Å². The lowest BCUT2D eigenvalue weighted by atomic mass is 10.2. The Bertz CT molecular complexity index is 779. The Morgan fingerprint density at radius 3 is 2.40 bits per heavy atom. The fraction of sp³-hybridized carbons (Fsp3) is 0.0714. The van der Waals surface area contributed by atoms with Gasteiger partial charge in [-0.1, -0.05) is 36.4 Å². The van der Waals surface area contributed by atoms with Crippen LogP contribution >= 0.6 is 0 Å². The third-order valence-electron chi connectivity index (χ3n) is 2.92. The summed E-state index contributed by atoms with van der Waals surface area (Å²) in [5.41, 5.74) is 0.617. The molecule has 0 fully saturated rings. The number of tetrazole rings is 1. The summed E-state index contributed by atoms with van der Waals surface area (Å²) in [5.74, 6) is -0.367. The molecule has 0 spiro atoms. The van der Waals surface area contributed by atoms with Crippen LogP contribution in [0.25, 0.3) is 5.69 Å². The summed E-state index contributed by atoms with van der Waals surface area (Å²) in [5, 5.41) is 7.59. The van der Waals surface area contributed by atoms with Crippen molar-refractivity contribution in [1.29, 1.82) is 0 Å². The minimum Gasteiger partial charge on any atom is -0.244 e. The van der Waals surface area contributed by atoms with Crippen LogP contribution in [0.3, 0.4) is 0 Å². The molecule has 0 N–H and O–H groups in total. The molecule has 3 rings (SSSR count). The van der Waals surface area contributed by atoms with Gasteiger partial charge in [-0.25, -0.2) is 9.18 Å². The molecule has 0 radical (unpaired) electrons. The predicted octanol–water partition coefficient (Wildman–Crippen LogP) is 1.62. The monoisotopic (exact) mass is 270 g/mol.